The van der Waals surface area contributed by atoms with Crippen LogP contribution in [0.5, 0.6) is 0 Å². The lowest BCUT2D eigenvalue weighted by molar-refractivity contribution is 0.690. The van der Waals surface area contributed by atoms with E-state index < -0.39 is 0 Å². The SMILES string of the molecule is c1ccc(Cn2c3c(c4ccccc42)CCNCC3)cc1. The molecule has 1 aromatic heterocycles. The second-order valence-corrected chi connectivity index (χ2v) is 5.76. The minimum Gasteiger partial charge on any atom is -0.340 e. The maximum atomic E-state index is 3.52. The van der Waals surface area contributed by atoms with Gasteiger partial charge < -0.3 is 9.88 Å². The van der Waals surface area contributed by atoms with E-state index >= 15 is 0 Å². The first-order valence-electron chi connectivity index (χ1n) is 7.77. The number of hydrogen-bond acceptors (Lipinski definition) is 1. The van der Waals surface area contributed by atoms with Gasteiger partial charge in [0.2, 0.25) is 0 Å². The molecule has 0 aliphatic carbocycles. The molecule has 2 aromatic carbocycles. The van der Waals surface area contributed by atoms with E-state index in [0.717, 1.165) is 32.5 Å². The lowest BCUT2D eigenvalue weighted by atomic mass is 10.1. The minimum atomic E-state index is 0.969. The van der Waals surface area contributed by atoms with E-state index in [-0.39, 0.29) is 0 Å². The van der Waals surface area contributed by atoms with Crippen molar-refractivity contribution in [3.05, 3.63) is 71.4 Å². The van der Waals surface area contributed by atoms with Gasteiger partial charge in [-0.1, -0.05) is 48.5 Å². The van der Waals surface area contributed by atoms with Gasteiger partial charge in [-0.15, -0.1) is 0 Å². The summed E-state index contributed by atoms with van der Waals surface area (Å²) in [6, 6.07) is 19.6. The zero-order valence-corrected chi connectivity index (χ0v) is 12.2. The molecule has 2 heteroatoms. The number of hydrogen-bond donors (Lipinski definition) is 1. The number of fused-ring (bicyclic) bond motifs is 3. The number of rotatable bonds is 2. The van der Waals surface area contributed by atoms with Crippen LogP contribution >= 0.6 is 0 Å². The van der Waals surface area contributed by atoms with E-state index in [0.29, 0.717) is 0 Å². The van der Waals surface area contributed by atoms with Crippen LogP contribution in [0, 0.1) is 0 Å². The Bertz CT molecular complexity index is 756. The van der Waals surface area contributed by atoms with E-state index in [1.807, 2.05) is 0 Å². The van der Waals surface area contributed by atoms with Gasteiger partial charge in [0, 0.05) is 36.1 Å². The van der Waals surface area contributed by atoms with E-state index in [2.05, 4.69) is 64.5 Å². The summed E-state index contributed by atoms with van der Waals surface area (Å²) in [7, 11) is 0. The molecule has 0 saturated carbocycles. The van der Waals surface area contributed by atoms with Crippen molar-refractivity contribution in [2.45, 2.75) is 19.4 Å². The van der Waals surface area contributed by atoms with E-state index in [9.17, 15) is 0 Å². The molecule has 0 fully saturated rings. The molecule has 2 nitrogen and oxygen atoms in total. The van der Waals surface area contributed by atoms with Crippen LogP contribution in [-0.2, 0) is 19.4 Å². The Kier molecular flexibility index (Phi) is 3.24. The fourth-order valence-corrected chi connectivity index (χ4v) is 3.48. The molecular formula is C19H20N2. The molecule has 0 atom stereocenters. The fraction of sp³-hybridized carbons (Fsp3) is 0.263. The second-order valence-electron chi connectivity index (χ2n) is 5.76. The molecule has 0 spiro atoms. The first kappa shape index (κ1) is 12.7. The molecular weight excluding hydrogens is 256 g/mol. The van der Waals surface area contributed by atoms with Gasteiger partial charge in [-0.25, -0.2) is 0 Å². The lowest BCUT2D eigenvalue weighted by Gasteiger charge is -2.11. The maximum absolute atomic E-state index is 3.52. The van der Waals surface area contributed by atoms with Crippen molar-refractivity contribution in [2.24, 2.45) is 0 Å². The second kappa shape index (κ2) is 5.38. The summed E-state index contributed by atoms with van der Waals surface area (Å²) >= 11 is 0. The van der Waals surface area contributed by atoms with Crippen molar-refractivity contribution in [1.82, 2.24) is 9.88 Å². The van der Waals surface area contributed by atoms with E-state index in [1.54, 1.807) is 5.56 Å². The smallest absolute Gasteiger partial charge is 0.0488 e. The monoisotopic (exact) mass is 276 g/mol. The number of aromatic nitrogens is 1. The van der Waals surface area contributed by atoms with Crippen LogP contribution in [0.1, 0.15) is 16.8 Å². The van der Waals surface area contributed by atoms with Crippen LogP contribution in [0.2, 0.25) is 0 Å². The summed E-state index contributed by atoms with van der Waals surface area (Å²) in [5.74, 6) is 0. The predicted octanol–water partition coefficient (Wildman–Crippen LogP) is 3.38. The average Bonchev–Trinajstić information content (AvgIpc) is 2.69. The topological polar surface area (TPSA) is 17.0 Å². The Morgan fingerprint density at radius 3 is 2.52 bits per heavy atom. The molecule has 1 aliphatic rings. The Morgan fingerprint density at radius 1 is 0.857 bits per heavy atom. The minimum absolute atomic E-state index is 0.969. The number of nitrogens with zero attached hydrogens (tertiary/aromatic N) is 1. The summed E-state index contributed by atoms with van der Waals surface area (Å²) < 4.78 is 2.52. The maximum Gasteiger partial charge on any atom is 0.0488 e. The average molecular weight is 276 g/mol. The molecule has 1 N–H and O–H groups in total. The van der Waals surface area contributed by atoms with E-state index in [4.69, 9.17) is 0 Å². The molecule has 0 bridgehead atoms. The fourth-order valence-electron chi connectivity index (χ4n) is 3.48. The van der Waals surface area contributed by atoms with Gasteiger partial charge in [0.15, 0.2) is 0 Å². The highest BCUT2D eigenvalue weighted by molar-refractivity contribution is 5.85. The van der Waals surface area contributed by atoms with Crippen LogP contribution in [0.4, 0.5) is 0 Å². The van der Waals surface area contributed by atoms with Crippen LogP contribution < -0.4 is 5.32 Å². The van der Waals surface area contributed by atoms with Gasteiger partial charge in [0.25, 0.3) is 0 Å². The van der Waals surface area contributed by atoms with Crippen LogP contribution in [0.15, 0.2) is 54.6 Å². The number of benzene rings is 2. The van der Waals surface area contributed by atoms with Crippen LogP contribution in [0.25, 0.3) is 10.9 Å². The quantitative estimate of drug-likeness (QED) is 0.759. The Labute approximate surface area is 125 Å². The molecule has 0 saturated heterocycles. The van der Waals surface area contributed by atoms with Gasteiger partial charge in [0.05, 0.1) is 0 Å². The highest BCUT2D eigenvalue weighted by atomic mass is 15.0. The largest absolute Gasteiger partial charge is 0.340 e. The van der Waals surface area contributed by atoms with E-state index in [1.165, 1.54) is 22.2 Å². The van der Waals surface area contributed by atoms with Crippen LogP contribution in [0.3, 0.4) is 0 Å². The molecule has 2 heterocycles. The Morgan fingerprint density at radius 2 is 1.62 bits per heavy atom. The van der Waals surface area contributed by atoms with Crippen LogP contribution in [-0.4, -0.2) is 17.7 Å². The summed E-state index contributed by atoms with van der Waals surface area (Å²) in [6.07, 6.45) is 2.26. The standard InChI is InChI=1S/C19H20N2/c1-2-6-15(7-3-1)14-21-18-9-5-4-8-16(18)17-10-12-20-13-11-19(17)21/h1-9,20H,10-14H2. The third kappa shape index (κ3) is 2.26. The van der Waals surface area contributed by atoms with Gasteiger partial charge in [-0.2, -0.15) is 0 Å². The van der Waals surface area contributed by atoms with Gasteiger partial charge >= 0.3 is 0 Å². The summed E-state index contributed by atoms with van der Waals surface area (Å²) in [4.78, 5) is 0. The third-order valence-electron chi connectivity index (χ3n) is 4.47. The predicted molar refractivity (Wildman–Crippen MR) is 87.8 cm³/mol. The molecule has 0 radical (unpaired) electrons. The number of para-hydroxylation sites is 1. The zero-order valence-electron chi connectivity index (χ0n) is 12.2. The summed E-state index contributed by atoms with van der Waals surface area (Å²) in [6.45, 7) is 3.14. The molecule has 3 aromatic rings. The van der Waals surface area contributed by atoms with Crippen molar-refractivity contribution in [3.63, 3.8) is 0 Å². The summed E-state index contributed by atoms with van der Waals surface area (Å²) in [5, 5.41) is 4.96. The molecule has 4 rings (SSSR count). The van der Waals surface area contributed by atoms with Crippen molar-refractivity contribution in [3.8, 4) is 0 Å². The van der Waals surface area contributed by atoms with Gasteiger partial charge in [-0.05, 0) is 30.2 Å². The van der Waals surface area contributed by atoms with Crippen molar-refractivity contribution < 1.29 is 0 Å². The molecule has 106 valence electrons. The highest BCUT2D eigenvalue weighted by Gasteiger charge is 2.18. The number of nitrogens with one attached hydrogen (secondary N) is 1. The Hall–Kier alpha value is -2.06. The van der Waals surface area contributed by atoms with Gasteiger partial charge in [0.1, 0.15) is 0 Å². The third-order valence-corrected chi connectivity index (χ3v) is 4.47. The first-order valence-corrected chi connectivity index (χ1v) is 7.77. The normalized spacial score (nSPS) is 14.9. The molecule has 0 amide bonds. The highest BCUT2D eigenvalue weighted by Crippen LogP contribution is 2.28. The zero-order chi connectivity index (χ0) is 14.1. The molecule has 21 heavy (non-hydrogen) atoms. The van der Waals surface area contributed by atoms with Crippen molar-refractivity contribution in [1.29, 1.82) is 0 Å². The molecule has 0 unspecified atom stereocenters. The van der Waals surface area contributed by atoms with Gasteiger partial charge in [-0.3, -0.25) is 0 Å². The first-order chi connectivity index (χ1) is 10.4. The summed E-state index contributed by atoms with van der Waals surface area (Å²) in [5.41, 5.74) is 5.82. The van der Waals surface area contributed by atoms with Crippen molar-refractivity contribution >= 4 is 10.9 Å². The lowest BCUT2D eigenvalue weighted by Crippen LogP contribution is -2.17. The molecule has 1 aliphatic heterocycles. The Balaban J connectivity index is 1.88. The van der Waals surface area contributed by atoms with Crippen molar-refractivity contribution in [2.75, 3.05) is 13.1 Å².